The first-order valence-corrected chi connectivity index (χ1v) is 15.0. The van der Waals surface area contributed by atoms with Gasteiger partial charge < -0.3 is 4.90 Å². The highest BCUT2D eigenvalue weighted by molar-refractivity contribution is 4.81. The minimum Gasteiger partial charge on any atom is -0.306 e. The summed E-state index contributed by atoms with van der Waals surface area (Å²) < 4.78 is 0. The van der Waals surface area contributed by atoms with Crippen LogP contribution in [0.15, 0.2) is 12.2 Å². The van der Waals surface area contributed by atoms with E-state index in [9.17, 15) is 0 Å². The lowest BCUT2D eigenvalue weighted by atomic mass is 9.99. The Morgan fingerprint density at radius 1 is 0.438 bits per heavy atom. The van der Waals surface area contributed by atoms with Gasteiger partial charge in [0.15, 0.2) is 0 Å². The Bertz CT molecular complexity index is 359. The van der Waals surface area contributed by atoms with Crippen molar-refractivity contribution in [3.63, 3.8) is 0 Å². The van der Waals surface area contributed by atoms with Crippen molar-refractivity contribution < 1.29 is 0 Å². The van der Waals surface area contributed by atoms with E-state index >= 15 is 0 Å². The van der Waals surface area contributed by atoms with E-state index in [1.165, 1.54) is 154 Å². The highest BCUT2D eigenvalue weighted by atomic mass is 15.1. The molecule has 192 valence electrons. The first-order valence-electron chi connectivity index (χ1n) is 15.0. The highest BCUT2D eigenvalue weighted by Crippen LogP contribution is 2.17. The van der Waals surface area contributed by atoms with E-state index in [0.717, 1.165) is 6.04 Å². The largest absolute Gasteiger partial charge is 0.306 e. The fraction of sp³-hybridized carbons (Fsp3) is 0.935. The van der Waals surface area contributed by atoms with Crippen LogP contribution in [0, 0.1) is 0 Å². The second-order valence-corrected chi connectivity index (χ2v) is 10.6. The van der Waals surface area contributed by atoms with Crippen molar-refractivity contribution in [2.45, 2.75) is 174 Å². The minimum absolute atomic E-state index is 0.807. The van der Waals surface area contributed by atoms with Crippen LogP contribution in [0.2, 0.25) is 0 Å². The van der Waals surface area contributed by atoms with E-state index < -0.39 is 0 Å². The van der Waals surface area contributed by atoms with Crippen molar-refractivity contribution in [2.75, 3.05) is 14.1 Å². The standard InChI is InChI=1S/C31H63N/c1-5-7-9-11-13-14-15-16-17-18-19-20-21-22-24-26-28-30-31(32(3)4)29-27-25-23-12-10-8-6-2/h19-20,31H,5-18,21-30H2,1-4H3/b20-19-. The summed E-state index contributed by atoms with van der Waals surface area (Å²) in [5.74, 6) is 0. The van der Waals surface area contributed by atoms with Gasteiger partial charge in [0.25, 0.3) is 0 Å². The predicted octanol–water partition coefficient (Wildman–Crippen LogP) is 10.9. The zero-order chi connectivity index (χ0) is 23.5. The third kappa shape index (κ3) is 24.3. The molecule has 0 aliphatic rings. The van der Waals surface area contributed by atoms with E-state index in [-0.39, 0.29) is 0 Å². The molecule has 0 fully saturated rings. The van der Waals surface area contributed by atoms with Gasteiger partial charge >= 0.3 is 0 Å². The van der Waals surface area contributed by atoms with Crippen LogP contribution in [0.3, 0.4) is 0 Å². The van der Waals surface area contributed by atoms with Crippen molar-refractivity contribution in [2.24, 2.45) is 0 Å². The van der Waals surface area contributed by atoms with Crippen LogP contribution in [0.1, 0.15) is 168 Å². The SMILES string of the molecule is CCCCCCCCCCC/C=C\CCCCCCC(CCCCCCCCC)N(C)C. The second kappa shape index (κ2) is 26.9. The normalized spacial score (nSPS) is 12.9. The molecule has 32 heavy (non-hydrogen) atoms. The maximum absolute atomic E-state index is 2.48. The molecule has 0 aromatic rings. The molecule has 0 saturated carbocycles. The summed E-state index contributed by atoms with van der Waals surface area (Å²) in [6.45, 7) is 4.60. The first-order chi connectivity index (χ1) is 15.7. The van der Waals surface area contributed by atoms with Gasteiger partial charge in [0.2, 0.25) is 0 Å². The molecule has 0 bridgehead atoms. The van der Waals surface area contributed by atoms with Gasteiger partial charge in [-0.2, -0.15) is 0 Å². The quantitative estimate of drug-likeness (QED) is 0.0937. The van der Waals surface area contributed by atoms with Gasteiger partial charge in [-0.1, -0.05) is 142 Å². The van der Waals surface area contributed by atoms with Crippen molar-refractivity contribution >= 4 is 0 Å². The summed E-state index contributed by atoms with van der Waals surface area (Å²) in [5, 5.41) is 0. The molecule has 1 heteroatoms. The minimum atomic E-state index is 0.807. The number of hydrogen-bond acceptors (Lipinski definition) is 1. The number of nitrogens with zero attached hydrogens (tertiary/aromatic N) is 1. The van der Waals surface area contributed by atoms with E-state index in [4.69, 9.17) is 0 Å². The third-order valence-electron chi connectivity index (χ3n) is 7.17. The Balaban J connectivity index is 3.42. The molecule has 1 nitrogen and oxygen atoms in total. The average Bonchev–Trinajstić information content (AvgIpc) is 2.78. The van der Waals surface area contributed by atoms with Crippen LogP contribution in [0.25, 0.3) is 0 Å². The van der Waals surface area contributed by atoms with Crippen LogP contribution >= 0.6 is 0 Å². The van der Waals surface area contributed by atoms with E-state index in [1.54, 1.807) is 0 Å². The number of unbranched alkanes of at least 4 members (excludes halogenated alkanes) is 19. The number of hydrogen-bond donors (Lipinski definition) is 0. The van der Waals surface area contributed by atoms with Crippen LogP contribution in [-0.2, 0) is 0 Å². The molecule has 0 radical (unpaired) electrons. The summed E-state index contributed by atoms with van der Waals surface area (Å²) in [6.07, 6.45) is 38.9. The molecule has 0 spiro atoms. The van der Waals surface area contributed by atoms with Crippen LogP contribution in [0.4, 0.5) is 0 Å². The molecule has 0 amide bonds. The lowest BCUT2D eigenvalue weighted by Gasteiger charge is -2.24. The average molecular weight is 450 g/mol. The molecule has 1 unspecified atom stereocenters. The van der Waals surface area contributed by atoms with Gasteiger partial charge in [0.1, 0.15) is 0 Å². The molecule has 0 aromatic heterocycles. The van der Waals surface area contributed by atoms with Gasteiger partial charge in [0, 0.05) is 6.04 Å². The Labute approximate surface area is 205 Å². The van der Waals surface area contributed by atoms with Gasteiger partial charge in [-0.25, -0.2) is 0 Å². The summed E-state index contributed by atoms with van der Waals surface area (Å²) in [6, 6.07) is 0.807. The topological polar surface area (TPSA) is 3.24 Å². The van der Waals surface area contributed by atoms with Crippen molar-refractivity contribution in [1.29, 1.82) is 0 Å². The van der Waals surface area contributed by atoms with Gasteiger partial charge in [-0.3, -0.25) is 0 Å². The summed E-state index contributed by atoms with van der Waals surface area (Å²) >= 11 is 0. The van der Waals surface area contributed by atoms with Gasteiger partial charge in [-0.05, 0) is 52.6 Å². The zero-order valence-corrected chi connectivity index (χ0v) is 23.1. The lowest BCUT2D eigenvalue weighted by molar-refractivity contribution is 0.251. The highest BCUT2D eigenvalue weighted by Gasteiger charge is 2.10. The molecule has 0 saturated heterocycles. The molecule has 0 aliphatic carbocycles. The molecule has 1 atom stereocenters. The Hall–Kier alpha value is -0.300. The summed E-state index contributed by atoms with van der Waals surface area (Å²) in [5.41, 5.74) is 0. The molecular formula is C31H63N. The van der Waals surface area contributed by atoms with E-state index in [1.807, 2.05) is 0 Å². The fourth-order valence-corrected chi connectivity index (χ4v) is 4.80. The van der Waals surface area contributed by atoms with Crippen molar-refractivity contribution in [3.8, 4) is 0 Å². The maximum atomic E-state index is 2.48. The molecule has 0 aromatic carbocycles. The zero-order valence-electron chi connectivity index (χ0n) is 23.1. The molecular weight excluding hydrogens is 386 g/mol. The van der Waals surface area contributed by atoms with Gasteiger partial charge in [-0.15, -0.1) is 0 Å². The molecule has 0 heterocycles. The summed E-state index contributed by atoms with van der Waals surface area (Å²) in [4.78, 5) is 2.48. The summed E-state index contributed by atoms with van der Waals surface area (Å²) in [7, 11) is 4.56. The molecule has 0 aliphatic heterocycles. The van der Waals surface area contributed by atoms with Crippen LogP contribution in [0.5, 0.6) is 0 Å². The smallest absolute Gasteiger partial charge is 0.00891 e. The van der Waals surface area contributed by atoms with Crippen LogP contribution in [-0.4, -0.2) is 25.0 Å². The van der Waals surface area contributed by atoms with E-state index in [0.29, 0.717) is 0 Å². The van der Waals surface area contributed by atoms with Crippen molar-refractivity contribution in [1.82, 2.24) is 4.90 Å². The molecule has 0 rings (SSSR count). The maximum Gasteiger partial charge on any atom is 0.00891 e. The van der Waals surface area contributed by atoms with E-state index in [2.05, 4.69) is 45.0 Å². The fourth-order valence-electron chi connectivity index (χ4n) is 4.80. The lowest BCUT2D eigenvalue weighted by Crippen LogP contribution is -2.27. The van der Waals surface area contributed by atoms with Crippen molar-refractivity contribution in [3.05, 3.63) is 12.2 Å². The Morgan fingerprint density at radius 2 is 0.750 bits per heavy atom. The monoisotopic (exact) mass is 449 g/mol. The predicted molar refractivity (Wildman–Crippen MR) is 149 cm³/mol. The second-order valence-electron chi connectivity index (χ2n) is 10.6. The molecule has 0 N–H and O–H groups in total. The van der Waals surface area contributed by atoms with Crippen LogP contribution < -0.4 is 0 Å². The number of allylic oxidation sites excluding steroid dienone is 2. The number of rotatable bonds is 26. The first kappa shape index (κ1) is 31.7. The third-order valence-corrected chi connectivity index (χ3v) is 7.17. The Kier molecular flexibility index (Phi) is 26.7. The van der Waals surface area contributed by atoms with Gasteiger partial charge in [0.05, 0.1) is 0 Å². The Morgan fingerprint density at radius 3 is 1.09 bits per heavy atom.